The number of rotatable bonds is 6. The molecule has 0 radical (unpaired) electrons. The quantitative estimate of drug-likeness (QED) is 0.313. The largest absolute Gasteiger partial charge is 0.489 e. The smallest absolute Gasteiger partial charge is 0.424 e. The van der Waals surface area contributed by atoms with Gasteiger partial charge in [0.2, 0.25) is 11.5 Å². The summed E-state index contributed by atoms with van der Waals surface area (Å²) in [5.74, 6) is -2.34. The number of nitrogens with zero attached hydrogens (tertiary/aromatic N) is 2. The normalized spacial score (nSPS) is 18.2. The fourth-order valence-electron chi connectivity index (χ4n) is 4.64. The van der Waals surface area contributed by atoms with Gasteiger partial charge in [-0.15, -0.1) is 0 Å². The summed E-state index contributed by atoms with van der Waals surface area (Å²) >= 11 is 0. The van der Waals surface area contributed by atoms with Crippen LogP contribution >= 0.6 is 0 Å². The summed E-state index contributed by atoms with van der Waals surface area (Å²) in [7, 11) is 0. The van der Waals surface area contributed by atoms with Crippen LogP contribution in [-0.2, 0) is 15.8 Å². The number of ether oxygens (including phenoxy) is 1. The highest BCUT2D eigenvalue weighted by atomic mass is 19.4. The summed E-state index contributed by atoms with van der Waals surface area (Å²) in [6.45, 7) is 1.68. The Labute approximate surface area is 225 Å². The van der Waals surface area contributed by atoms with Gasteiger partial charge >= 0.3 is 6.18 Å². The molecule has 1 aromatic carbocycles. The molecule has 0 fully saturated rings. The molecule has 1 aliphatic heterocycles. The van der Waals surface area contributed by atoms with Gasteiger partial charge in [-0.25, -0.2) is 9.37 Å². The van der Waals surface area contributed by atoms with E-state index in [4.69, 9.17) is 10.5 Å². The highest BCUT2D eigenvalue weighted by Gasteiger charge is 2.57. The van der Waals surface area contributed by atoms with Crippen LogP contribution in [0.15, 0.2) is 60.9 Å². The molecule has 0 spiro atoms. The summed E-state index contributed by atoms with van der Waals surface area (Å²) < 4.78 is 64.5. The van der Waals surface area contributed by atoms with E-state index < -0.39 is 47.1 Å². The monoisotopic (exact) mass is 556 g/mol. The lowest BCUT2D eigenvalue weighted by atomic mass is 9.81. The Kier molecular flexibility index (Phi) is 6.33. The Hall–Kier alpha value is -4.45. The zero-order chi connectivity index (χ0) is 29.0. The van der Waals surface area contributed by atoms with E-state index in [1.54, 1.807) is 16.7 Å². The molecule has 5 rings (SSSR count). The number of aliphatic hydroxyl groups is 1. The molecule has 4 N–H and O–H groups in total. The summed E-state index contributed by atoms with van der Waals surface area (Å²) in [4.78, 5) is 29.3. The van der Waals surface area contributed by atoms with Crippen molar-refractivity contribution in [2.24, 2.45) is 5.73 Å². The standard InChI is InChI=1S/C28H24F4N4O4/c1-15-9-19-8-5-17(12-36(19)11-15)24(37)34-13-27(39,28(30,31)32)21-10-20-23(40-14-26(20,2)25(33)38)22(35-21)16-3-6-18(29)7-4-16/h3-12,39H,13-14H2,1-2H3,(H2,33,38)(H,34,37)/t26-,27?/m0/s1. The van der Waals surface area contributed by atoms with Gasteiger partial charge < -0.3 is 25.3 Å². The Morgan fingerprint density at radius 1 is 1.15 bits per heavy atom. The van der Waals surface area contributed by atoms with Gasteiger partial charge in [-0.3, -0.25) is 9.59 Å². The summed E-state index contributed by atoms with van der Waals surface area (Å²) in [5.41, 5.74) is 1.24. The van der Waals surface area contributed by atoms with Crippen LogP contribution in [0.4, 0.5) is 17.6 Å². The van der Waals surface area contributed by atoms with Crippen LogP contribution in [0.25, 0.3) is 16.8 Å². The Balaban J connectivity index is 1.58. The number of hydrogen-bond acceptors (Lipinski definition) is 5. The number of pyridine rings is 2. The number of nitrogens with two attached hydrogens (primary N) is 1. The molecule has 8 nitrogen and oxygen atoms in total. The minimum Gasteiger partial charge on any atom is -0.489 e. The zero-order valence-electron chi connectivity index (χ0n) is 21.3. The first-order chi connectivity index (χ1) is 18.7. The molecular weight excluding hydrogens is 532 g/mol. The molecular formula is C28H24F4N4O4. The van der Waals surface area contributed by atoms with Crippen LogP contribution in [-0.4, -0.2) is 45.6 Å². The first-order valence-corrected chi connectivity index (χ1v) is 12.1. The van der Waals surface area contributed by atoms with Gasteiger partial charge in [0.05, 0.1) is 17.8 Å². The van der Waals surface area contributed by atoms with E-state index in [1.165, 1.54) is 31.3 Å². The van der Waals surface area contributed by atoms with Gasteiger partial charge in [0.25, 0.3) is 5.91 Å². The first-order valence-electron chi connectivity index (χ1n) is 12.1. The van der Waals surface area contributed by atoms with Gasteiger partial charge in [-0.05, 0) is 67.9 Å². The molecule has 0 bridgehead atoms. The van der Waals surface area contributed by atoms with E-state index in [9.17, 15) is 32.3 Å². The van der Waals surface area contributed by atoms with Crippen LogP contribution in [0.1, 0.15) is 34.1 Å². The number of amides is 2. The van der Waals surface area contributed by atoms with Crippen LogP contribution in [0, 0.1) is 12.7 Å². The summed E-state index contributed by atoms with van der Waals surface area (Å²) in [5, 5.41) is 13.3. The number of carbonyl (C=O) groups excluding carboxylic acids is 2. The van der Waals surface area contributed by atoms with Crippen molar-refractivity contribution in [1.82, 2.24) is 14.7 Å². The number of benzene rings is 1. The molecule has 12 heteroatoms. The van der Waals surface area contributed by atoms with E-state index in [2.05, 4.69) is 10.3 Å². The van der Waals surface area contributed by atoms with Crippen molar-refractivity contribution < 1.29 is 37.0 Å². The number of aromatic nitrogens is 2. The van der Waals surface area contributed by atoms with Crippen LogP contribution in [0.2, 0.25) is 0 Å². The van der Waals surface area contributed by atoms with E-state index in [0.717, 1.165) is 29.3 Å². The number of fused-ring (bicyclic) bond motifs is 2. The molecule has 0 aliphatic carbocycles. The summed E-state index contributed by atoms with van der Waals surface area (Å²) in [6, 6.07) is 10.6. The fourth-order valence-corrected chi connectivity index (χ4v) is 4.64. The highest BCUT2D eigenvalue weighted by molar-refractivity contribution is 5.94. The molecule has 4 heterocycles. The van der Waals surface area contributed by atoms with Crippen molar-refractivity contribution in [2.45, 2.75) is 31.0 Å². The van der Waals surface area contributed by atoms with Gasteiger partial charge in [0.15, 0.2) is 0 Å². The average Bonchev–Trinajstić information content (AvgIpc) is 3.45. The lowest BCUT2D eigenvalue weighted by Gasteiger charge is -2.31. The second kappa shape index (κ2) is 9.33. The molecule has 4 aromatic rings. The van der Waals surface area contributed by atoms with E-state index in [1.807, 2.05) is 13.0 Å². The van der Waals surface area contributed by atoms with Crippen LogP contribution in [0.5, 0.6) is 5.75 Å². The second-order valence-corrected chi connectivity index (χ2v) is 10.0. The maximum Gasteiger partial charge on any atom is 0.424 e. The third kappa shape index (κ3) is 4.43. The van der Waals surface area contributed by atoms with Crippen molar-refractivity contribution in [3.05, 3.63) is 89.1 Å². The topological polar surface area (TPSA) is 119 Å². The molecule has 1 aliphatic rings. The van der Waals surface area contributed by atoms with E-state index >= 15 is 0 Å². The number of primary amides is 1. The third-order valence-corrected chi connectivity index (χ3v) is 7.12. The minimum atomic E-state index is -5.31. The third-order valence-electron chi connectivity index (χ3n) is 7.12. The highest BCUT2D eigenvalue weighted by Crippen LogP contribution is 2.47. The Morgan fingerprint density at radius 3 is 2.50 bits per heavy atom. The molecule has 1 unspecified atom stereocenters. The fraction of sp³-hybridized carbons (Fsp3) is 0.250. The predicted octanol–water partition coefficient (Wildman–Crippen LogP) is 3.76. The zero-order valence-corrected chi connectivity index (χ0v) is 21.3. The maximum absolute atomic E-state index is 14.5. The van der Waals surface area contributed by atoms with Crippen molar-refractivity contribution in [3.63, 3.8) is 0 Å². The van der Waals surface area contributed by atoms with Crippen LogP contribution in [0.3, 0.4) is 0 Å². The number of hydrogen-bond donors (Lipinski definition) is 3. The number of halogens is 4. The number of nitrogens with one attached hydrogen (secondary N) is 1. The van der Waals surface area contributed by atoms with Crippen molar-refractivity contribution >= 4 is 17.3 Å². The maximum atomic E-state index is 14.5. The number of aryl methyl sites for hydroxylation is 1. The van der Waals surface area contributed by atoms with Crippen molar-refractivity contribution in [3.8, 4) is 17.0 Å². The first kappa shape index (κ1) is 27.1. The lowest BCUT2D eigenvalue weighted by molar-refractivity contribution is -0.265. The Bertz CT molecular complexity index is 1650. The van der Waals surface area contributed by atoms with E-state index in [-0.39, 0.29) is 34.7 Å². The van der Waals surface area contributed by atoms with Gasteiger partial charge in [0.1, 0.15) is 29.3 Å². The van der Waals surface area contributed by atoms with Crippen molar-refractivity contribution in [2.75, 3.05) is 13.2 Å². The van der Waals surface area contributed by atoms with Gasteiger partial charge in [-0.1, -0.05) is 0 Å². The molecule has 2 amide bonds. The molecule has 208 valence electrons. The molecule has 0 saturated carbocycles. The van der Waals surface area contributed by atoms with Gasteiger partial charge in [0, 0.05) is 29.0 Å². The average molecular weight is 557 g/mol. The molecule has 40 heavy (non-hydrogen) atoms. The van der Waals surface area contributed by atoms with Crippen molar-refractivity contribution in [1.29, 1.82) is 0 Å². The Morgan fingerprint density at radius 2 is 1.85 bits per heavy atom. The lowest BCUT2D eigenvalue weighted by Crippen LogP contribution is -2.51. The number of alkyl halides is 3. The molecule has 0 saturated heterocycles. The molecule has 3 aromatic heterocycles. The summed E-state index contributed by atoms with van der Waals surface area (Å²) in [6.07, 6.45) is -2.10. The van der Waals surface area contributed by atoms with Crippen LogP contribution < -0.4 is 15.8 Å². The molecule has 2 atom stereocenters. The number of carbonyl (C=O) groups is 2. The SMILES string of the molecule is Cc1cc2ccc(C(=O)NCC(O)(c3cc4c(c(-c5ccc(F)cc5)n3)OC[C@]4(C)C(N)=O)C(F)(F)F)cn2c1. The second-order valence-electron chi connectivity index (χ2n) is 10.0. The van der Waals surface area contributed by atoms with E-state index in [0.29, 0.717) is 0 Å². The van der Waals surface area contributed by atoms with Gasteiger partial charge in [-0.2, -0.15) is 13.2 Å². The predicted molar refractivity (Wildman–Crippen MR) is 136 cm³/mol. The minimum absolute atomic E-state index is 0.0134.